The zero-order valence-electron chi connectivity index (χ0n) is 12.7. The Morgan fingerprint density at radius 1 is 1.17 bits per heavy atom. The first-order valence-corrected chi connectivity index (χ1v) is 8.02. The third kappa shape index (κ3) is 2.16. The number of fused-ring (bicyclic) bond motifs is 3. The molecule has 23 heavy (non-hydrogen) atoms. The van der Waals surface area contributed by atoms with Gasteiger partial charge in [-0.25, -0.2) is 15.0 Å². The van der Waals surface area contributed by atoms with E-state index in [0.29, 0.717) is 0 Å². The van der Waals surface area contributed by atoms with Crippen molar-refractivity contribution in [3.05, 3.63) is 36.2 Å². The van der Waals surface area contributed by atoms with Crippen LogP contribution in [0.5, 0.6) is 0 Å². The average molecular weight is 325 g/mol. The van der Waals surface area contributed by atoms with Crippen LogP contribution in [-0.4, -0.2) is 31.7 Å². The number of rotatable bonds is 3. The minimum atomic E-state index is 0.0445. The minimum absolute atomic E-state index is 0.0445. The van der Waals surface area contributed by atoms with Crippen LogP contribution in [-0.2, 0) is 13.7 Å². The SMILES string of the molecule is CNc1nc2sc(-c3ccc(CO)cc3)nc2c2c1ncn2C. The van der Waals surface area contributed by atoms with Crippen molar-refractivity contribution in [2.75, 3.05) is 12.4 Å². The molecular formula is C16H15N5OS. The second-order valence-electron chi connectivity index (χ2n) is 5.29. The van der Waals surface area contributed by atoms with Gasteiger partial charge in [0.15, 0.2) is 5.82 Å². The molecule has 0 unspecified atom stereocenters. The maximum atomic E-state index is 9.16. The van der Waals surface area contributed by atoms with Gasteiger partial charge in [0.1, 0.15) is 26.4 Å². The summed E-state index contributed by atoms with van der Waals surface area (Å²) in [6.45, 7) is 0.0445. The van der Waals surface area contributed by atoms with E-state index in [2.05, 4.69) is 15.3 Å². The van der Waals surface area contributed by atoms with Gasteiger partial charge in [0.2, 0.25) is 0 Å². The third-order valence-electron chi connectivity index (χ3n) is 3.83. The first-order chi connectivity index (χ1) is 11.2. The Kier molecular flexibility index (Phi) is 3.24. The molecule has 116 valence electrons. The number of benzene rings is 1. The molecule has 0 radical (unpaired) electrons. The van der Waals surface area contributed by atoms with E-state index in [1.807, 2.05) is 42.9 Å². The lowest BCUT2D eigenvalue weighted by molar-refractivity contribution is 0.282. The quantitative estimate of drug-likeness (QED) is 0.606. The van der Waals surface area contributed by atoms with Gasteiger partial charge in [-0.15, -0.1) is 0 Å². The molecule has 4 rings (SSSR count). The molecule has 0 atom stereocenters. The summed E-state index contributed by atoms with van der Waals surface area (Å²) in [6, 6.07) is 7.77. The molecule has 0 fully saturated rings. The van der Waals surface area contributed by atoms with Gasteiger partial charge in [-0.3, -0.25) is 0 Å². The van der Waals surface area contributed by atoms with Crippen LogP contribution in [0, 0.1) is 0 Å². The Morgan fingerprint density at radius 3 is 2.65 bits per heavy atom. The molecule has 0 saturated heterocycles. The number of aromatic nitrogens is 4. The van der Waals surface area contributed by atoms with Gasteiger partial charge in [0.05, 0.1) is 12.9 Å². The van der Waals surface area contributed by atoms with E-state index in [4.69, 9.17) is 10.1 Å². The smallest absolute Gasteiger partial charge is 0.155 e. The summed E-state index contributed by atoms with van der Waals surface area (Å²) in [6.07, 6.45) is 1.78. The van der Waals surface area contributed by atoms with Gasteiger partial charge in [-0.05, 0) is 5.56 Å². The van der Waals surface area contributed by atoms with Crippen molar-refractivity contribution >= 4 is 38.5 Å². The summed E-state index contributed by atoms with van der Waals surface area (Å²) < 4.78 is 1.97. The minimum Gasteiger partial charge on any atom is -0.392 e. The first-order valence-electron chi connectivity index (χ1n) is 7.20. The maximum Gasteiger partial charge on any atom is 0.155 e. The van der Waals surface area contributed by atoms with E-state index in [9.17, 15) is 0 Å². The van der Waals surface area contributed by atoms with E-state index < -0.39 is 0 Å². The normalized spacial score (nSPS) is 11.4. The van der Waals surface area contributed by atoms with Crippen LogP contribution >= 0.6 is 11.3 Å². The number of thiazole rings is 1. The number of nitrogens with one attached hydrogen (secondary N) is 1. The Balaban J connectivity index is 1.96. The van der Waals surface area contributed by atoms with E-state index >= 15 is 0 Å². The number of imidazole rings is 1. The van der Waals surface area contributed by atoms with Gasteiger partial charge in [-0.1, -0.05) is 35.6 Å². The van der Waals surface area contributed by atoms with Crippen LogP contribution in [0.2, 0.25) is 0 Å². The standard InChI is InChI=1S/C16H15N5OS/c1-17-14-11-13(21(2)8-18-11)12-16(20-14)23-15(19-12)10-5-3-9(7-22)4-6-10/h3-6,8,22H,7H2,1-2H3,(H,17,20). The lowest BCUT2D eigenvalue weighted by Crippen LogP contribution is -1.95. The van der Waals surface area contributed by atoms with E-state index in [0.717, 1.165) is 43.3 Å². The van der Waals surface area contributed by atoms with Crippen LogP contribution in [0.3, 0.4) is 0 Å². The van der Waals surface area contributed by atoms with E-state index in [-0.39, 0.29) is 6.61 Å². The molecule has 1 aromatic carbocycles. The molecule has 0 saturated carbocycles. The molecule has 3 aromatic heterocycles. The van der Waals surface area contributed by atoms with Crippen molar-refractivity contribution in [3.63, 3.8) is 0 Å². The van der Waals surface area contributed by atoms with Gasteiger partial charge in [-0.2, -0.15) is 0 Å². The highest BCUT2D eigenvalue weighted by Gasteiger charge is 2.16. The largest absolute Gasteiger partial charge is 0.392 e. The molecule has 0 bridgehead atoms. The number of hydrogen-bond donors (Lipinski definition) is 2. The maximum absolute atomic E-state index is 9.16. The summed E-state index contributed by atoms with van der Waals surface area (Å²) in [7, 11) is 3.81. The van der Waals surface area contributed by atoms with E-state index in [1.165, 1.54) is 0 Å². The molecule has 0 aliphatic carbocycles. The van der Waals surface area contributed by atoms with Crippen molar-refractivity contribution < 1.29 is 5.11 Å². The van der Waals surface area contributed by atoms with Gasteiger partial charge in [0, 0.05) is 19.7 Å². The zero-order valence-corrected chi connectivity index (χ0v) is 13.6. The lowest BCUT2D eigenvalue weighted by atomic mass is 10.1. The van der Waals surface area contributed by atoms with Crippen molar-refractivity contribution in [2.45, 2.75) is 6.61 Å². The van der Waals surface area contributed by atoms with Gasteiger partial charge in [0.25, 0.3) is 0 Å². The fourth-order valence-electron chi connectivity index (χ4n) is 2.63. The first kappa shape index (κ1) is 14.1. The Bertz CT molecular complexity index is 1000. The van der Waals surface area contributed by atoms with Crippen molar-refractivity contribution in [3.8, 4) is 10.6 Å². The highest BCUT2D eigenvalue weighted by atomic mass is 32.1. The number of aryl methyl sites for hydroxylation is 1. The molecule has 0 aliphatic heterocycles. The van der Waals surface area contributed by atoms with Crippen LogP contribution in [0.25, 0.3) is 32.0 Å². The summed E-state index contributed by atoms with van der Waals surface area (Å²) in [4.78, 5) is 14.7. The molecule has 3 heterocycles. The lowest BCUT2D eigenvalue weighted by Gasteiger charge is -2.01. The average Bonchev–Trinajstić information content (AvgIpc) is 3.17. The summed E-state index contributed by atoms with van der Waals surface area (Å²) in [5.41, 5.74) is 4.58. The van der Waals surface area contributed by atoms with Crippen molar-refractivity contribution in [1.82, 2.24) is 19.5 Å². The molecule has 6 nitrogen and oxygen atoms in total. The predicted octanol–water partition coefficient (Wildman–Crippen LogP) is 2.78. The number of nitrogens with zero attached hydrogens (tertiary/aromatic N) is 4. The molecule has 4 aromatic rings. The second-order valence-corrected chi connectivity index (χ2v) is 6.27. The number of hydrogen-bond acceptors (Lipinski definition) is 6. The second kappa shape index (κ2) is 5.29. The molecule has 0 aliphatic rings. The van der Waals surface area contributed by atoms with Gasteiger partial charge < -0.3 is 15.0 Å². The predicted molar refractivity (Wildman–Crippen MR) is 92.6 cm³/mol. The summed E-state index contributed by atoms with van der Waals surface area (Å²) in [5, 5.41) is 13.2. The number of anilines is 1. The fraction of sp³-hybridized carbons (Fsp3) is 0.188. The van der Waals surface area contributed by atoms with Crippen LogP contribution in [0.1, 0.15) is 5.56 Å². The zero-order chi connectivity index (χ0) is 16.0. The Morgan fingerprint density at radius 2 is 1.96 bits per heavy atom. The number of pyridine rings is 1. The molecule has 0 spiro atoms. The monoisotopic (exact) mass is 325 g/mol. The van der Waals surface area contributed by atoms with Gasteiger partial charge >= 0.3 is 0 Å². The van der Waals surface area contributed by atoms with Crippen molar-refractivity contribution in [2.24, 2.45) is 7.05 Å². The summed E-state index contributed by atoms with van der Waals surface area (Å²) >= 11 is 1.55. The van der Waals surface area contributed by atoms with Crippen molar-refractivity contribution in [1.29, 1.82) is 0 Å². The fourth-order valence-corrected chi connectivity index (χ4v) is 3.58. The Hall–Kier alpha value is -2.51. The van der Waals surface area contributed by atoms with E-state index in [1.54, 1.807) is 17.7 Å². The molecule has 0 amide bonds. The topological polar surface area (TPSA) is 75.9 Å². The number of aliphatic hydroxyl groups excluding tert-OH is 1. The van der Waals surface area contributed by atoms with Crippen LogP contribution < -0.4 is 5.32 Å². The number of aliphatic hydroxyl groups is 1. The molecule has 2 N–H and O–H groups in total. The highest BCUT2D eigenvalue weighted by Crippen LogP contribution is 2.35. The molecular weight excluding hydrogens is 310 g/mol. The van der Waals surface area contributed by atoms with Crippen LogP contribution in [0.4, 0.5) is 5.82 Å². The highest BCUT2D eigenvalue weighted by molar-refractivity contribution is 7.21. The molecule has 7 heteroatoms. The van der Waals surface area contributed by atoms with Crippen LogP contribution in [0.15, 0.2) is 30.6 Å². The third-order valence-corrected chi connectivity index (χ3v) is 4.83. The summed E-state index contributed by atoms with van der Waals surface area (Å²) in [5.74, 6) is 0.763. The Labute approximate surface area is 136 Å².